The Kier molecular flexibility index (Phi) is 3.00. The molecule has 106 valence electrons. The van der Waals surface area contributed by atoms with Crippen molar-refractivity contribution in [1.82, 2.24) is 10.3 Å². The summed E-state index contributed by atoms with van der Waals surface area (Å²) < 4.78 is 5.72. The molecule has 2 atom stereocenters. The van der Waals surface area contributed by atoms with Crippen molar-refractivity contribution in [3.63, 3.8) is 0 Å². The van der Waals surface area contributed by atoms with Crippen LogP contribution in [0.3, 0.4) is 0 Å². The molecule has 1 aliphatic carbocycles. The Balaban J connectivity index is 1.79. The Morgan fingerprint density at radius 1 is 1.24 bits per heavy atom. The van der Waals surface area contributed by atoms with E-state index in [2.05, 4.69) is 28.5 Å². The summed E-state index contributed by atoms with van der Waals surface area (Å²) in [6.45, 7) is 0. The fourth-order valence-electron chi connectivity index (χ4n) is 3.58. The van der Waals surface area contributed by atoms with E-state index in [1.165, 1.54) is 22.2 Å². The number of fused-ring (bicyclic) bond motifs is 2. The summed E-state index contributed by atoms with van der Waals surface area (Å²) in [5.41, 5.74) is 4.81. The van der Waals surface area contributed by atoms with Crippen LogP contribution in [0.2, 0.25) is 0 Å². The lowest BCUT2D eigenvalue weighted by molar-refractivity contribution is 0.465. The molecule has 1 aliphatic rings. The highest BCUT2D eigenvalue weighted by atomic mass is 16.3. The highest BCUT2D eigenvalue weighted by Gasteiger charge is 2.32. The number of pyridine rings is 1. The number of nitrogens with zero attached hydrogens (tertiary/aromatic N) is 1. The van der Waals surface area contributed by atoms with Crippen LogP contribution in [0.25, 0.3) is 11.0 Å². The zero-order chi connectivity index (χ0) is 14.2. The van der Waals surface area contributed by atoms with Gasteiger partial charge in [0, 0.05) is 34.8 Å². The van der Waals surface area contributed by atoms with E-state index in [1.807, 2.05) is 37.7 Å². The minimum Gasteiger partial charge on any atom is -0.464 e. The van der Waals surface area contributed by atoms with Gasteiger partial charge in [-0.25, -0.2) is 0 Å². The number of benzene rings is 1. The monoisotopic (exact) mass is 278 g/mol. The Hall–Kier alpha value is -2.13. The van der Waals surface area contributed by atoms with E-state index in [4.69, 9.17) is 4.42 Å². The van der Waals surface area contributed by atoms with Crippen LogP contribution in [0.1, 0.15) is 35.2 Å². The van der Waals surface area contributed by atoms with Crippen LogP contribution in [0, 0.1) is 0 Å². The van der Waals surface area contributed by atoms with Gasteiger partial charge < -0.3 is 9.73 Å². The van der Waals surface area contributed by atoms with Gasteiger partial charge in [0.25, 0.3) is 0 Å². The summed E-state index contributed by atoms with van der Waals surface area (Å²) in [5.74, 6) is 0.409. The van der Waals surface area contributed by atoms with Crippen molar-refractivity contribution in [3.8, 4) is 0 Å². The van der Waals surface area contributed by atoms with Crippen LogP contribution in [0.5, 0.6) is 0 Å². The summed E-state index contributed by atoms with van der Waals surface area (Å²) in [6, 6.07) is 12.7. The van der Waals surface area contributed by atoms with Gasteiger partial charge in [0.15, 0.2) is 0 Å². The molecule has 0 radical (unpaired) electrons. The zero-order valence-electron chi connectivity index (χ0n) is 12.0. The molecule has 1 N–H and O–H groups in total. The molecule has 0 saturated carbocycles. The molecule has 0 fully saturated rings. The average molecular weight is 278 g/mol. The lowest BCUT2D eigenvalue weighted by atomic mass is 9.90. The quantitative estimate of drug-likeness (QED) is 0.791. The van der Waals surface area contributed by atoms with E-state index in [0.717, 1.165) is 18.4 Å². The van der Waals surface area contributed by atoms with Gasteiger partial charge in [0.05, 0.1) is 6.26 Å². The summed E-state index contributed by atoms with van der Waals surface area (Å²) in [7, 11) is 2.02. The van der Waals surface area contributed by atoms with E-state index in [-0.39, 0.29) is 6.04 Å². The topological polar surface area (TPSA) is 38.1 Å². The second-order valence-electron chi connectivity index (χ2n) is 5.65. The Morgan fingerprint density at radius 2 is 2.14 bits per heavy atom. The van der Waals surface area contributed by atoms with Gasteiger partial charge in [-0.15, -0.1) is 0 Å². The molecule has 21 heavy (non-hydrogen) atoms. The largest absolute Gasteiger partial charge is 0.464 e. The second-order valence-corrected chi connectivity index (χ2v) is 5.65. The number of likely N-dealkylation sites (N-methyl/N-ethyl adjacent to an activating group) is 1. The smallest absolute Gasteiger partial charge is 0.134 e. The third kappa shape index (κ3) is 1.96. The molecule has 2 unspecified atom stereocenters. The van der Waals surface area contributed by atoms with E-state index in [9.17, 15) is 0 Å². The predicted molar refractivity (Wildman–Crippen MR) is 83.3 cm³/mol. The molecular weight excluding hydrogens is 260 g/mol. The molecule has 1 aromatic carbocycles. The first-order valence-electron chi connectivity index (χ1n) is 7.45. The maximum atomic E-state index is 5.72. The normalized spacial score (nSPS) is 18.8. The lowest BCUT2D eigenvalue weighted by Gasteiger charge is -2.22. The molecule has 0 saturated heterocycles. The summed E-state index contributed by atoms with van der Waals surface area (Å²) >= 11 is 0. The highest BCUT2D eigenvalue weighted by Crippen LogP contribution is 2.42. The van der Waals surface area contributed by atoms with Gasteiger partial charge in [-0.05, 0) is 37.6 Å². The number of hydrogen-bond acceptors (Lipinski definition) is 3. The van der Waals surface area contributed by atoms with E-state index < -0.39 is 0 Å². The molecule has 4 rings (SSSR count). The number of nitrogens with one attached hydrogen (secondary N) is 1. The zero-order valence-corrected chi connectivity index (χ0v) is 12.0. The van der Waals surface area contributed by atoms with E-state index >= 15 is 0 Å². The molecule has 3 aromatic rings. The molecule has 0 spiro atoms. The van der Waals surface area contributed by atoms with Gasteiger partial charge >= 0.3 is 0 Å². The first kappa shape index (κ1) is 12.6. The highest BCUT2D eigenvalue weighted by molar-refractivity contribution is 5.81. The SMILES string of the molecule is CNC(c1coc2ccccc12)C1CCc2cccnc21. The summed E-state index contributed by atoms with van der Waals surface area (Å²) in [5, 5.41) is 4.68. The van der Waals surface area contributed by atoms with Gasteiger partial charge in [-0.1, -0.05) is 24.3 Å². The maximum absolute atomic E-state index is 5.72. The molecule has 0 aliphatic heterocycles. The van der Waals surface area contributed by atoms with Gasteiger partial charge in [0.1, 0.15) is 5.58 Å². The van der Waals surface area contributed by atoms with Gasteiger partial charge in [-0.2, -0.15) is 0 Å². The summed E-state index contributed by atoms with van der Waals surface area (Å²) in [6.07, 6.45) is 6.04. The maximum Gasteiger partial charge on any atom is 0.134 e. The van der Waals surface area contributed by atoms with Crippen molar-refractivity contribution >= 4 is 11.0 Å². The first-order chi connectivity index (χ1) is 10.4. The van der Waals surface area contributed by atoms with Crippen molar-refractivity contribution in [2.75, 3.05) is 7.05 Å². The number of para-hydroxylation sites is 1. The molecule has 2 aromatic heterocycles. The Morgan fingerprint density at radius 3 is 3.05 bits per heavy atom. The van der Waals surface area contributed by atoms with E-state index in [1.54, 1.807) is 0 Å². The molecule has 2 heterocycles. The van der Waals surface area contributed by atoms with Crippen molar-refractivity contribution in [2.24, 2.45) is 0 Å². The number of aryl methyl sites for hydroxylation is 1. The number of hydrogen-bond donors (Lipinski definition) is 1. The minimum absolute atomic E-state index is 0.241. The fraction of sp³-hybridized carbons (Fsp3) is 0.278. The molecule has 3 nitrogen and oxygen atoms in total. The standard InChI is InChI=1S/C18H18N2O/c1-19-18(14-9-8-12-5-4-10-20-17(12)14)15-11-21-16-7-3-2-6-13(15)16/h2-7,10-11,14,18-19H,8-9H2,1H3. The second kappa shape index (κ2) is 5.01. The first-order valence-corrected chi connectivity index (χ1v) is 7.45. The molecule has 0 amide bonds. The third-order valence-corrected chi connectivity index (χ3v) is 4.56. The summed E-state index contributed by atoms with van der Waals surface area (Å²) in [4.78, 5) is 4.63. The van der Waals surface area contributed by atoms with Gasteiger partial charge in [0.2, 0.25) is 0 Å². The Bertz CT molecular complexity index is 777. The fourth-order valence-corrected chi connectivity index (χ4v) is 3.58. The third-order valence-electron chi connectivity index (χ3n) is 4.56. The van der Waals surface area contributed by atoms with Crippen LogP contribution < -0.4 is 5.32 Å². The van der Waals surface area contributed by atoms with Gasteiger partial charge in [-0.3, -0.25) is 4.98 Å². The number of rotatable bonds is 3. The van der Waals surface area contributed by atoms with Crippen LogP contribution in [-0.4, -0.2) is 12.0 Å². The van der Waals surface area contributed by atoms with Crippen LogP contribution in [0.15, 0.2) is 53.3 Å². The number of aromatic nitrogens is 1. The lowest BCUT2D eigenvalue weighted by Crippen LogP contribution is -2.23. The van der Waals surface area contributed by atoms with Crippen molar-refractivity contribution in [1.29, 1.82) is 0 Å². The van der Waals surface area contributed by atoms with Crippen LogP contribution in [-0.2, 0) is 6.42 Å². The molecule has 3 heteroatoms. The van der Waals surface area contributed by atoms with E-state index in [0.29, 0.717) is 5.92 Å². The molecule has 0 bridgehead atoms. The molecular formula is C18H18N2O. The van der Waals surface area contributed by atoms with Crippen molar-refractivity contribution in [3.05, 3.63) is 65.7 Å². The Labute approximate surface area is 124 Å². The van der Waals surface area contributed by atoms with Crippen molar-refractivity contribution < 1.29 is 4.42 Å². The number of furan rings is 1. The van der Waals surface area contributed by atoms with Crippen LogP contribution in [0.4, 0.5) is 0 Å². The minimum atomic E-state index is 0.241. The van der Waals surface area contributed by atoms with Crippen molar-refractivity contribution in [2.45, 2.75) is 24.8 Å². The average Bonchev–Trinajstić information content (AvgIpc) is 3.14. The predicted octanol–water partition coefficient (Wildman–Crippen LogP) is 3.82. The van der Waals surface area contributed by atoms with Crippen LogP contribution >= 0.6 is 0 Å².